The lowest BCUT2D eigenvalue weighted by atomic mass is 9.85. The van der Waals surface area contributed by atoms with Gasteiger partial charge in [0.15, 0.2) is 0 Å². The van der Waals surface area contributed by atoms with Crippen molar-refractivity contribution >= 4 is 6.29 Å². The van der Waals surface area contributed by atoms with Gasteiger partial charge < -0.3 is 9.90 Å². The zero-order valence-electron chi connectivity index (χ0n) is 8.81. The molecule has 0 radical (unpaired) electrons. The van der Waals surface area contributed by atoms with E-state index in [2.05, 4.69) is 4.98 Å². The predicted octanol–water partition coefficient (Wildman–Crippen LogP) is 1.45. The van der Waals surface area contributed by atoms with Gasteiger partial charge in [0.05, 0.1) is 5.60 Å². The molecule has 0 saturated heterocycles. The number of aliphatic hydroxyl groups is 1. The van der Waals surface area contributed by atoms with Gasteiger partial charge in [0.1, 0.15) is 6.29 Å². The largest absolute Gasteiger partial charge is 0.389 e. The van der Waals surface area contributed by atoms with E-state index < -0.39 is 5.60 Å². The first-order chi connectivity index (χ1) is 7.15. The highest BCUT2D eigenvalue weighted by atomic mass is 16.3. The first-order valence-electron chi connectivity index (χ1n) is 5.25. The Bertz CT molecular complexity index is 374. The van der Waals surface area contributed by atoms with E-state index in [1.165, 1.54) is 5.56 Å². The van der Waals surface area contributed by atoms with E-state index in [9.17, 15) is 9.90 Å². The van der Waals surface area contributed by atoms with Gasteiger partial charge in [-0.3, -0.25) is 4.98 Å². The Balaban J connectivity index is 2.30. The number of aromatic nitrogens is 1. The van der Waals surface area contributed by atoms with Crippen LogP contribution in [0.3, 0.4) is 0 Å². The molecule has 3 heteroatoms. The summed E-state index contributed by atoms with van der Waals surface area (Å²) in [6.45, 7) is 1.72. The maximum atomic E-state index is 10.5. The maximum Gasteiger partial charge on any atom is 0.122 e. The van der Waals surface area contributed by atoms with Gasteiger partial charge >= 0.3 is 0 Å². The minimum absolute atomic E-state index is 0.00102. The molecule has 2 rings (SSSR count). The van der Waals surface area contributed by atoms with Gasteiger partial charge in [-0.05, 0) is 31.4 Å². The van der Waals surface area contributed by atoms with Crippen LogP contribution in [0, 0.1) is 0 Å². The van der Waals surface area contributed by atoms with Gasteiger partial charge in [0.25, 0.3) is 0 Å². The highest BCUT2D eigenvalue weighted by Crippen LogP contribution is 2.40. The molecule has 0 amide bonds. The lowest BCUT2D eigenvalue weighted by Gasteiger charge is -2.28. The summed E-state index contributed by atoms with van der Waals surface area (Å²) in [5.41, 5.74) is 1.21. The first-order valence-corrected chi connectivity index (χ1v) is 5.25. The Morgan fingerprint density at radius 1 is 1.73 bits per heavy atom. The van der Waals surface area contributed by atoms with Crippen LogP contribution in [0.2, 0.25) is 0 Å². The molecule has 0 aliphatic heterocycles. The average molecular weight is 205 g/mol. The van der Waals surface area contributed by atoms with Crippen LogP contribution in [0.25, 0.3) is 0 Å². The van der Waals surface area contributed by atoms with Crippen LogP contribution in [0.4, 0.5) is 0 Å². The normalized spacial score (nSPS) is 23.2. The summed E-state index contributed by atoms with van der Waals surface area (Å²) in [6, 6.07) is 3.95. The van der Waals surface area contributed by atoms with Gasteiger partial charge in [-0.1, -0.05) is 6.07 Å². The SMILES string of the molecule is CC(O)(CC=O)C1CCc2cccnc21. The summed E-state index contributed by atoms with van der Waals surface area (Å²) >= 11 is 0. The molecule has 2 unspecified atom stereocenters. The predicted molar refractivity (Wildman–Crippen MR) is 56.6 cm³/mol. The number of aryl methyl sites for hydroxylation is 1. The van der Waals surface area contributed by atoms with E-state index in [4.69, 9.17) is 0 Å². The number of carbonyl (C=O) groups excluding carboxylic acids is 1. The number of pyridine rings is 1. The summed E-state index contributed by atoms with van der Waals surface area (Å²) in [4.78, 5) is 14.8. The third kappa shape index (κ3) is 1.79. The molecular weight excluding hydrogens is 190 g/mol. The van der Waals surface area contributed by atoms with Gasteiger partial charge in [0.2, 0.25) is 0 Å². The number of aldehydes is 1. The fraction of sp³-hybridized carbons (Fsp3) is 0.500. The summed E-state index contributed by atoms with van der Waals surface area (Å²) in [5.74, 6) is -0.00102. The van der Waals surface area contributed by atoms with E-state index in [1.54, 1.807) is 13.1 Å². The average Bonchev–Trinajstić information content (AvgIpc) is 2.61. The molecule has 0 spiro atoms. The van der Waals surface area contributed by atoms with Crippen molar-refractivity contribution < 1.29 is 9.90 Å². The zero-order valence-corrected chi connectivity index (χ0v) is 8.81. The smallest absolute Gasteiger partial charge is 0.122 e. The van der Waals surface area contributed by atoms with Crippen molar-refractivity contribution in [3.63, 3.8) is 0 Å². The summed E-state index contributed by atoms with van der Waals surface area (Å²) in [6.07, 6.45) is 4.53. The highest BCUT2D eigenvalue weighted by Gasteiger charge is 2.38. The molecule has 3 nitrogen and oxygen atoms in total. The summed E-state index contributed by atoms with van der Waals surface area (Å²) < 4.78 is 0. The number of hydrogen-bond acceptors (Lipinski definition) is 3. The van der Waals surface area contributed by atoms with Crippen molar-refractivity contribution in [1.29, 1.82) is 0 Å². The summed E-state index contributed by atoms with van der Waals surface area (Å²) in [7, 11) is 0. The van der Waals surface area contributed by atoms with Crippen molar-refractivity contribution in [1.82, 2.24) is 4.98 Å². The maximum absolute atomic E-state index is 10.5. The number of nitrogens with zero attached hydrogens (tertiary/aromatic N) is 1. The van der Waals surface area contributed by atoms with Gasteiger partial charge in [-0.2, -0.15) is 0 Å². The molecular formula is C12H15NO2. The second-order valence-electron chi connectivity index (χ2n) is 4.37. The second-order valence-corrected chi connectivity index (χ2v) is 4.37. The Morgan fingerprint density at radius 2 is 2.53 bits per heavy atom. The van der Waals surface area contributed by atoms with Crippen molar-refractivity contribution in [3.8, 4) is 0 Å². The molecule has 15 heavy (non-hydrogen) atoms. The number of fused-ring (bicyclic) bond motifs is 1. The van der Waals surface area contributed by atoms with Crippen LogP contribution < -0.4 is 0 Å². The second kappa shape index (κ2) is 3.74. The molecule has 1 aromatic rings. The molecule has 1 aromatic heterocycles. The van der Waals surface area contributed by atoms with E-state index in [0.717, 1.165) is 24.8 Å². The number of carbonyl (C=O) groups is 1. The molecule has 0 aromatic carbocycles. The minimum Gasteiger partial charge on any atom is -0.389 e. The van der Waals surface area contributed by atoms with Crippen LogP contribution in [0.1, 0.15) is 36.9 Å². The molecule has 1 N–H and O–H groups in total. The van der Waals surface area contributed by atoms with Crippen LogP contribution in [0.5, 0.6) is 0 Å². The lowest BCUT2D eigenvalue weighted by Crippen LogP contribution is -2.32. The topological polar surface area (TPSA) is 50.2 Å². The zero-order chi connectivity index (χ0) is 10.9. The molecule has 0 fully saturated rings. The molecule has 1 heterocycles. The van der Waals surface area contributed by atoms with Crippen molar-refractivity contribution in [2.45, 2.75) is 37.7 Å². The van der Waals surface area contributed by atoms with Crippen LogP contribution in [-0.4, -0.2) is 22.0 Å². The fourth-order valence-electron chi connectivity index (χ4n) is 2.33. The third-order valence-corrected chi connectivity index (χ3v) is 3.21. The summed E-state index contributed by atoms with van der Waals surface area (Å²) in [5, 5.41) is 10.2. The van der Waals surface area contributed by atoms with Crippen molar-refractivity contribution in [3.05, 3.63) is 29.6 Å². The number of rotatable bonds is 3. The van der Waals surface area contributed by atoms with Crippen LogP contribution in [0.15, 0.2) is 18.3 Å². The van der Waals surface area contributed by atoms with Gasteiger partial charge in [-0.15, -0.1) is 0 Å². The van der Waals surface area contributed by atoms with Gasteiger partial charge in [-0.25, -0.2) is 0 Å². The Hall–Kier alpha value is -1.22. The van der Waals surface area contributed by atoms with E-state index >= 15 is 0 Å². The monoisotopic (exact) mass is 205 g/mol. The molecule has 0 bridgehead atoms. The van der Waals surface area contributed by atoms with Crippen molar-refractivity contribution in [2.75, 3.05) is 0 Å². The van der Waals surface area contributed by atoms with Crippen LogP contribution >= 0.6 is 0 Å². The third-order valence-electron chi connectivity index (χ3n) is 3.21. The first kappa shape index (κ1) is 10.3. The van der Waals surface area contributed by atoms with E-state index in [0.29, 0.717) is 0 Å². The Labute approximate surface area is 89.2 Å². The Morgan fingerprint density at radius 3 is 3.27 bits per heavy atom. The molecule has 80 valence electrons. The molecule has 0 saturated carbocycles. The Kier molecular flexibility index (Phi) is 2.57. The number of hydrogen-bond donors (Lipinski definition) is 1. The molecule has 2 atom stereocenters. The standard InChI is InChI=1S/C12H15NO2/c1-12(15,6-8-14)10-5-4-9-3-2-7-13-11(9)10/h2-3,7-8,10,15H,4-6H2,1H3. The van der Waals surface area contributed by atoms with Gasteiger partial charge in [0, 0.05) is 24.2 Å². The molecule has 1 aliphatic carbocycles. The fourth-order valence-corrected chi connectivity index (χ4v) is 2.33. The molecule has 1 aliphatic rings. The minimum atomic E-state index is -0.957. The van der Waals surface area contributed by atoms with Crippen LogP contribution in [-0.2, 0) is 11.2 Å². The quantitative estimate of drug-likeness (QED) is 0.760. The van der Waals surface area contributed by atoms with E-state index in [-0.39, 0.29) is 12.3 Å². The lowest BCUT2D eigenvalue weighted by molar-refractivity contribution is -0.112. The van der Waals surface area contributed by atoms with Crippen molar-refractivity contribution in [2.24, 2.45) is 0 Å². The van der Waals surface area contributed by atoms with E-state index in [1.807, 2.05) is 12.1 Å². The highest BCUT2D eigenvalue weighted by molar-refractivity contribution is 5.52.